The number of carbonyl (C=O) groups is 2. The number of benzene rings is 1. The molecule has 0 radical (unpaired) electrons. The van der Waals surface area contributed by atoms with Crippen molar-refractivity contribution in [2.24, 2.45) is 22.6 Å². The van der Waals surface area contributed by atoms with E-state index in [4.69, 9.17) is 15.2 Å². The van der Waals surface area contributed by atoms with Crippen LogP contribution in [0.25, 0.3) is 0 Å². The second-order valence-electron chi connectivity index (χ2n) is 11.5. The number of rotatable bonds is 7. The van der Waals surface area contributed by atoms with Crippen LogP contribution in [-0.4, -0.2) is 53.6 Å². The molecule has 1 saturated carbocycles. The molecule has 2 aliphatic heterocycles. The van der Waals surface area contributed by atoms with Crippen LogP contribution < -0.4 is 15.8 Å². The maximum atomic E-state index is 14.9. The lowest BCUT2D eigenvalue weighted by Gasteiger charge is -2.39. The Balaban J connectivity index is 1.57. The van der Waals surface area contributed by atoms with E-state index in [1.165, 1.54) is 12.0 Å². The van der Waals surface area contributed by atoms with Crippen LogP contribution in [0.15, 0.2) is 17.1 Å². The second-order valence-corrected chi connectivity index (χ2v) is 11.5. The molecule has 0 saturated heterocycles. The third-order valence-electron chi connectivity index (χ3n) is 7.32. The van der Waals surface area contributed by atoms with E-state index in [0.29, 0.717) is 25.5 Å². The molecule has 210 valence electrons. The minimum absolute atomic E-state index is 0.0771. The summed E-state index contributed by atoms with van der Waals surface area (Å²) in [4.78, 5) is 32.2. The van der Waals surface area contributed by atoms with E-state index in [1.54, 1.807) is 13.8 Å². The van der Waals surface area contributed by atoms with Gasteiger partial charge in [-0.1, -0.05) is 0 Å². The third kappa shape index (κ3) is 5.60. The summed E-state index contributed by atoms with van der Waals surface area (Å²) in [7, 11) is 1.53. The summed E-state index contributed by atoms with van der Waals surface area (Å²) in [5, 5.41) is 2.77. The average molecular weight is 543 g/mol. The minimum Gasteiger partial charge on any atom is -0.487 e. The summed E-state index contributed by atoms with van der Waals surface area (Å²) >= 11 is 0. The quantitative estimate of drug-likeness (QED) is 0.508. The Hall–Kier alpha value is -2.89. The number of aliphatic imine (C=N–C) groups is 1. The van der Waals surface area contributed by atoms with Crippen LogP contribution in [0.1, 0.15) is 70.5 Å². The van der Waals surface area contributed by atoms with E-state index in [-0.39, 0.29) is 36.2 Å². The maximum Gasteiger partial charge on any atom is 0.419 e. The number of nitrogens with zero attached hydrogens (tertiary/aromatic N) is 2. The monoisotopic (exact) mass is 542 g/mol. The molecule has 38 heavy (non-hydrogen) atoms. The number of hydrogen-bond acceptors (Lipinski definition) is 6. The van der Waals surface area contributed by atoms with Crippen LogP contribution in [0, 0.1) is 17.7 Å². The molecule has 0 bridgehead atoms. The molecule has 12 heteroatoms. The van der Waals surface area contributed by atoms with Crippen LogP contribution in [0.2, 0.25) is 0 Å². The number of fused-ring (bicyclic) bond motifs is 1. The molecule has 0 aromatic heterocycles. The number of guanidine groups is 1. The number of ether oxygens (including phenoxy) is 2. The maximum absolute atomic E-state index is 14.9. The van der Waals surface area contributed by atoms with Crippen molar-refractivity contribution in [3.05, 3.63) is 29.1 Å². The van der Waals surface area contributed by atoms with Gasteiger partial charge < -0.3 is 20.5 Å². The van der Waals surface area contributed by atoms with Gasteiger partial charge >= 0.3 is 6.18 Å². The summed E-state index contributed by atoms with van der Waals surface area (Å²) in [5.41, 5.74) is 3.05. The van der Waals surface area contributed by atoms with Crippen molar-refractivity contribution in [1.82, 2.24) is 10.2 Å². The molecule has 0 unspecified atom stereocenters. The number of halogens is 4. The Morgan fingerprint density at radius 2 is 2.00 bits per heavy atom. The highest BCUT2D eigenvalue weighted by Crippen LogP contribution is 2.49. The Labute approximate surface area is 218 Å². The van der Waals surface area contributed by atoms with E-state index < -0.39 is 58.4 Å². The Bertz CT molecular complexity index is 1150. The highest BCUT2D eigenvalue weighted by Gasteiger charge is 2.53. The van der Waals surface area contributed by atoms with Crippen molar-refractivity contribution in [1.29, 1.82) is 0 Å². The fraction of sp³-hybridized carbons (Fsp3) is 0.654. The van der Waals surface area contributed by atoms with Gasteiger partial charge in [0.2, 0.25) is 11.8 Å². The molecule has 2 amide bonds. The number of carbonyl (C=O) groups excluding carboxylic acids is 2. The molecule has 1 aromatic carbocycles. The van der Waals surface area contributed by atoms with Gasteiger partial charge in [-0.15, -0.1) is 0 Å². The number of nitrogens with one attached hydrogen (secondary N) is 1. The van der Waals surface area contributed by atoms with Crippen molar-refractivity contribution in [3.8, 4) is 5.75 Å². The van der Waals surface area contributed by atoms with Gasteiger partial charge in [0.25, 0.3) is 0 Å². The van der Waals surface area contributed by atoms with Crippen LogP contribution in [0.4, 0.5) is 17.6 Å². The summed E-state index contributed by atoms with van der Waals surface area (Å²) in [6.45, 7) is 7.12. The predicted molar refractivity (Wildman–Crippen MR) is 131 cm³/mol. The van der Waals surface area contributed by atoms with Crippen molar-refractivity contribution in [2.45, 2.75) is 82.8 Å². The van der Waals surface area contributed by atoms with Crippen LogP contribution >= 0.6 is 0 Å². The Morgan fingerprint density at radius 1 is 1.32 bits per heavy atom. The zero-order valence-corrected chi connectivity index (χ0v) is 22.1. The highest BCUT2D eigenvalue weighted by molar-refractivity contribution is 5.99. The average Bonchev–Trinajstić information content (AvgIpc) is 3.53. The van der Waals surface area contributed by atoms with Crippen molar-refractivity contribution in [3.63, 3.8) is 0 Å². The van der Waals surface area contributed by atoms with Crippen molar-refractivity contribution < 1.29 is 36.6 Å². The van der Waals surface area contributed by atoms with E-state index >= 15 is 0 Å². The Kier molecular flexibility index (Phi) is 7.17. The van der Waals surface area contributed by atoms with Gasteiger partial charge in [0.1, 0.15) is 17.2 Å². The van der Waals surface area contributed by atoms with E-state index in [0.717, 1.165) is 6.07 Å². The zero-order chi connectivity index (χ0) is 28.2. The summed E-state index contributed by atoms with van der Waals surface area (Å²) in [6.07, 6.45) is -3.66. The van der Waals surface area contributed by atoms with Gasteiger partial charge in [0.05, 0.1) is 29.1 Å². The molecule has 2 heterocycles. The lowest BCUT2D eigenvalue weighted by atomic mass is 9.87. The first-order valence-electron chi connectivity index (χ1n) is 12.6. The number of hydrogen-bond donors (Lipinski definition) is 2. The summed E-state index contributed by atoms with van der Waals surface area (Å²) < 4.78 is 66.6. The first-order chi connectivity index (χ1) is 17.5. The van der Waals surface area contributed by atoms with Gasteiger partial charge in [-0.3, -0.25) is 14.5 Å². The van der Waals surface area contributed by atoms with Crippen molar-refractivity contribution in [2.75, 3.05) is 13.7 Å². The van der Waals surface area contributed by atoms with E-state index in [9.17, 15) is 27.2 Å². The summed E-state index contributed by atoms with van der Waals surface area (Å²) in [5.74, 6) is -2.82. The van der Waals surface area contributed by atoms with Gasteiger partial charge in [-0.05, 0) is 58.6 Å². The predicted octanol–water partition coefficient (Wildman–Crippen LogP) is 3.93. The number of nitrogens with two attached hydrogens (primary N) is 1. The van der Waals surface area contributed by atoms with Gasteiger partial charge in [-0.2, -0.15) is 13.2 Å². The molecule has 0 spiro atoms. The lowest BCUT2D eigenvalue weighted by Crippen LogP contribution is -2.55. The topological polar surface area (TPSA) is 106 Å². The molecule has 1 fully saturated rings. The fourth-order valence-electron chi connectivity index (χ4n) is 5.60. The van der Waals surface area contributed by atoms with E-state index in [2.05, 4.69) is 10.3 Å². The zero-order valence-electron chi connectivity index (χ0n) is 22.1. The molecule has 1 aliphatic carbocycles. The molecule has 3 N–H and O–H groups in total. The smallest absolute Gasteiger partial charge is 0.419 e. The van der Waals surface area contributed by atoms with Crippen LogP contribution in [0.3, 0.4) is 0 Å². The standard InChI is InChI=1S/C26H34F4N4O4/c1-24(2)12-19(35)34(23(31)33-24)18(8-9-37-5)13-10-14(13)22(36)32-17-11-25(3,4)38-21-15(26(28,29)30)6-7-16(27)20(17)21/h6-7,13-14,17-18H,8-12H2,1-5H3,(H2,31,33)(H,32,36)/t13-,14-,17-,18+/m0/s1. The van der Waals surface area contributed by atoms with Gasteiger partial charge in [0, 0.05) is 32.1 Å². The number of alkyl halides is 3. The normalized spacial score (nSPS) is 26.7. The molecular weight excluding hydrogens is 508 g/mol. The number of methoxy groups -OCH3 is 1. The first-order valence-corrected chi connectivity index (χ1v) is 12.6. The molecule has 1 aromatic rings. The third-order valence-corrected chi connectivity index (χ3v) is 7.32. The number of amides is 2. The SMILES string of the molecule is COCC[C@H]([C@H]1C[C@@H]1C(=O)N[C@H]1CC(C)(C)Oc2c(C(F)(F)F)ccc(F)c21)N1C(=O)CC(C)(C)N=C1N. The molecule has 4 rings (SSSR count). The largest absolute Gasteiger partial charge is 0.487 e. The van der Waals surface area contributed by atoms with Crippen LogP contribution in [-0.2, 0) is 20.5 Å². The highest BCUT2D eigenvalue weighted by atomic mass is 19.4. The van der Waals surface area contributed by atoms with Gasteiger partial charge in [-0.25, -0.2) is 9.38 Å². The van der Waals surface area contributed by atoms with Crippen molar-refractivity contribution >= 4 is 17.8 Å². The van der Waals surface area contributed by atoms with E-state index in [1.807, 2.05) is 13.8 Å². The Morgan fingerprint density at radius 3 is 2.61 bits per heavy atom. The molecule has 4 atom stereocenters. The fourth-order valence-corrected chi connectivity index (χ4v) is 5.60. The lowest BCUT2D eigenvalue weighted by molar-refractivity contribution is -0.140. The minimum atomic E-state index is -4.76. The molecular formula is C26H34F4N4O4. The summed E-state index contributed by atoms with van der Waals surface area (Å²) in [6, 6.07) is -0.0695. The van der Waals surface area contributed by atoms with Gasteiger partial charge in [0.15, 0.2) is 5.96 Å². The molecule has 8 nitrogen and oxygen atoms in total. The molecule has 3 aliphatic rings. The second kappa shape index (κ2) is 9.69. The first kappa shape index (κ1) is 28.1. The van der Waals surface area contributed by atoms with Crippen LogP contribution in [0.5, 0.6) is 5.75 Å².